The molecule has 0 aromatic carbocycles. The van der Waals surface area contributed by atoms with E-state index in [1.54, 1.807) is 0 Å². The molecule has 8 atom stereocenters. The van der Waals surface area contributed by atoms with Crippen molar-refractivity contribution in [3.63, 3.8) is 0 Å². The molecule has 4 aliphatic rings. The Labute approximate surface area is 159 Å². The molecule has 1 unspecified atom stereocenters. The van der Waals surface area contributed by atoms with Crippen LogP contribution in [-0.2, 0) is 9.59 Å². The molecule has 0 aliphatic heterocycles. The summed E-state index contributed by atoms with van der Waals surface area (Å²) >= 11 is 0. The van der Waals surface area contributed by atoms with Gasteiger partial charge in [-0.2, -0.15) is 0 Å². The fraction of sp³-hybridized carbons (Fsp3) is 0.917. The van der Waals surface area contributed by atoms with Crippen LogP contribution in [0.1, 0.15) is 91.9 Å². The van der Waals surface area contributed by atoms with Gasteiger partial charge in [0.05, 0.1) is 0 Å². The molecule has 0 radical (unpaired) electrons. The molecule has 0 bridgehead atoms. The lowest BCUT2D eigenvalue weighted by molar-refractivity contribution is -0.142. The van der Waals surface area contributed by atoms with Gasteiger partial charge in [0, 0.05) is 12.8 Å². The van der Waals surface area contributed by atoms with Crippen molar-refractivity contribution < 1.29 is 9.59 Å². The van der Waals surface area contributed by atoms with Crippen LogP contribution >= 0.6 is 0 Å². The summed E-state index contributed by atoms with van der Waals surface area (Å²) in [7, 11) is 0. The Balaban J connectivity index is 1.58. The van der Waals surface area contributed by atoms with E-state index >= 15 is 0 Å². The third-order valence-electron chi connectivity index (χ3n) is 10.0. The molecular formula is C24H38O2. The third-order valence-corrected chi connectivity index (χ3v) is 10.0. The van der Waals surface area contributed by atoms with E-state index in [1.807, 2.05) is 6.92 Å². The zero-order valence-electron chi connectivity index (χ0n) is 17.4. The van der Waals surface area contributed by atoms with Gasteiger partial charge >= 0.3 is 0 Å². The average Bonchev–Trinajstić information content (AvgIpc) is 2.97. The molecule has 0 aromatic heterocycles. The first-order chi connectivity index (χ1) is 12.3. The van der Waals surface area contributed by atoms with Crippen LogP contribution in [0, 0.1) is 46.3 Å². The average molecular weight is 359 g/mol. The van der Waals surface area contributed by atoms with E-state index in [0.717, 1.165) is 30.1 Å². The molecule has 0 N–H and O–H groups in total. The fourth-order valence-corrected chi connectivity index (χ4v) is 8.66. The fourth-order valence-electron chi connectivity index (χ4n) is 8.66. The Morgan fingerprint density at radius 1 is 0.846 bits per heavy atom. The molecule has 4 fully saturated rings. The van der Waals surface area contributed by atoms with Gasteiger partial charge in [-0.1, -0.05) is 33.6 Å². The Morgan fingerprint density at radius 3 is 2.31 bits per heavy atom. The number of carbonyl (C=O) groups is 2. The maximum atomic E-state index is 12.4. The highest BCUT2D eigenvalue weighted by atomic mass is 16.2. The molecule has 4 rings (SSSR count). The number of hydrogen-bond donors (Lipinski definition) is 0. The first-order valence-corrected chi connectivity index (χ1v) is 11.3. The molecule has 0 amide bonds. The lowest BCUT2D eigenvalue weighted by Gasteiger charge is -2.60. The molecule has 26 heavy (non-hydrogen) atoms. The predicted molar refractivity (Wildman–Crippen MR) is 105 cm³/mol. The molecule has 4 saturated carbocycles. The van der Waals surface area contributed by atoms with E-state index in [4.69, 9.17) is 0 Å². The topological polar surface area (TPSA) is 34.1 Å². The van der Waals surface area contributed by atoms with Crippen molar-refractivity contribution in [1.29, 1.82) is 0 Å². The summed E-state index contributed by atoms with van der Waals surface area (Å²) in [6, 6.07) is 0. The van der Waals surface area contributed by atoms with Crippen molar-refractivity contribution >= 4 is 11.6 Å². The summed E-state index contributed by atoms with van der Waals surface area (Å²) in [5.41, 5.74) is 0.866. The van der Waals surface area contributed by atoms with Crippen molar-refractivity contribution in [3.05, 3.63) is 0 Å². The molecule has 0 spiro atoms. The van der Waals surface area contributed by atoms with Crippen molar-refractivity contribution in [1.82, 2.24) is 0 Å². The lowest BCUT2D eigenvalue weighted by atomic mass is 9.44. The number of Topliss-reactive ketones (excluding diaryl/α,β-unsaturated/α-hetero) is 2. The van der Waals surface area contributed by atoms with Crippen LogP contribution in [0.15, 0.2) is 0 Å². The second-order valence-corrected chi connectivity index (χ2v) is 10.8. The Hall–Kier alpha value is -0.660. The molecule has 2 heteroatoms. The van der Waals surface area contributed by atoms with Gasteiger partial charge in [-0.05, 0) is 91.8 Å². The lowest BCUT2D eigenvalue weighted by Crippen LogP contribution is -2.53. The normalized spacial score (nSPS) is 48.8. The smallest absolute Gasteiger partial charge is 0.201 e. The second-order valence-electron chi connectivity index (χ2n) is 10.8. The number of rotatable bonds is 3. The van der Waals surface area contributed by atoms with Crippen molar-refractivity contribution in [2.75, 3.05) is 0 Å². The van der Waals surface area contributed by atoms with Crippen molar-refractivity contribution in [2.24, 2.45) is 46.3 Å². The summed E-state index contributed by atoms with van der Waals surface area (Å²) in [5.74, 6) is 3.51. The quantitative estimate of drug-likeness (QED) is 0.595. The largest absolute Gasteiger partial charge is 0.291 e. The van der Waals surface area contributed by atoms with Gasteiger partial charge in [-0.25, -0.2) is 0 Å². The SMILES string of the molecule is CC(=O)C(=O)[C@@H](C)[C@H]1CC[C@H]2[C@@H]3CCC4CCCC[C@]4(C)[C@H]3CC[C@]12C. The summed E-state index contributed by atoms with van der Waals surface area (Å²) in [4.78, 5) is 24.1. The van der Waals surface area contributed by atoms with Gasteiger partial charge in [-0.3, -0.25) is 9.59 Å². The molecule has 4 aliphatic carbocycles. The van der Waals surface area contributed by atoms with E-state index in [9.17, 15) is 9.59 Å². The Kier molecular flexibility index (Phi) is 4.64. The van der Waals surface area contributed by atoms with Crippen LogP contribution in [0.25, 0.3) is 0 Å². The van der Waals surface area contributed by atoms with Crippen LogP contribution in [0.2, 0.25) is 0 Å². The van der Waals surface area contributed by atoms with Crippen molar-refractivity contribution in [2.45, 2.75) is 91.9 Å². The van der Waals surface area contributed by atoms with Gasteiger partial charge in [0.15, 0.2) is 5.78 Å². The molecule has 0 saturated heterocycles. The minimum Gasteiger partial charge on any atom is -0.291 e. The first-order valence-electron chi connectivity index (χ1n) is 11.3. The van der Waals surface area contributed by atoms with Crippen LogP contribution in [0.5, 0.6) is 0 Å². The number of ketones is 2. The van der Waals surface area contributed by atoms with Gasteiger partial charge in [-0.15, -0.1) is 0 Å². The van der Waals surface area contributed by atoms with E-state index in [2.05, 4.69) is 13.8 Å². The van der Waals surface area contributed by atoms with Gasteiger partial charge < -0.3 is 0 Å². The third kappa shape index (κ3) is 2.57. The van der Waals surface area contributed by atoms with Gasteiger partial charge in [0.25, 0.3) is 0 Å². The standard InChI is InChI=1S/C24H38O2/c1-15(22(26)16(2)25)19-10-11-20-18-9-8-17-7-5-6-13-23(17,3)21(18)12-14-24(19,20)4/h15,17-21H,5-14H2,1-4H3/t15-,17?,18-,19+,20-,21-,23-,24+/m0/s1. The molecular weight excluding hydrogens is 320 g/mol. The van der Waals surface area contributed by atoms with Gasteiger partial charge in [0.2, 0.25) is 5.78 Å². The highest BCUT2D eigenvalue weighted by Crippen LogP contribution is 2.68. The van der Waals surface area contributed by atoms with Crippen LogP contribution in [0.4, 0.5) is 0 Å². The van der Waals surface area contributed by atoms with Crippen LogP contribution < -0.4 is 0 Å². The second kappa shape index (κ2) is 6.45. The molecule has 0 aromatic rings. The van der Waals surface area contributed by atoms with Crippen molar-refractivity contribution in [3.8, 4) is 0 Å². The summed E-state index contributed by atoms with van der Waals surface area (Å²) in [6.45, 7) is 8.60. The highest BCUT2D eigenvalue weighted by Gasteiger charge is 2.60. The predicted octanol–water partition coefficient (Wildman–Crippen LogP) is 5.83. The maximum Gasteiger partial charge on any atom is 0.201 e. The molecule has 146 valence electrons. The Morgan fingerprint density at radius 2 is 1.58 bits per heavy atom. The van der Waals surface area contributed by atoms with Crippen LogP contribution in [-0.4, -0.2) is 11.6 Å². The minimum atomic E-state index is -0.242. The summed E-state index contributed by atoms with van der Waals surface area (Å²) in [5, 5.41) is 0. The van der Waals surface area contributed by atoms with E-state index in [1.165, 1.54) is 64.7 Å². The van der Waals surface area contributed by atoms with E-state index < -0.39 is 0 Å². The molecule has 0 heterocycles. The first kappa shape index (κ1) is 18.7. The van der Waals surface area contributed by atoms with Crippen LogP contribution in [0.3, 0.4) is 0 Å². The highest BCUT2D eigenvalue weighted by molar-refractivity contribution is 6.37. The summed E-state index contributed by atoms with van der Waals surface area (Å²) in [6.07, 6.45) is 13.8. The monoisotopic (exact) mass is 358 g/mol. The zero-order valence-corrected chi connectivity index (χ0v) is 17.4. The Bertz CT molecular complexity index is 595. The summed E-state index contributed by atoms with van der Waals surface area (Å²) < 4.78 is 0. The minimum absolute atomic E-state index is 0.0827. The zero-order chi connectivity index (χ0) is 18.7. The number of carbonyl (C=O) groups excluding carboxylic acids is 2. The van der Waals surface area contributed by atoms with Gasteiger partial charge in [0.1, 0.15) is 0 Å². The van der Waals surface area contributed by atoms with E-state index in [-0.39, 0.29) is 22.9 Å². The van der Waals surface area contributed by atoms with E-state index in [0.29, 0.717) is 11.3 Å². The number of hydrogen-bond acceptors (Lipinski definition) is 2. The number of fused-ring (bicyclic) bond motifs is 5. The maximum absolute atomic E-state index is 12.4. The molecule has 2 nitrogen and oxygen atoms in total.